The summed E-state index contributed by atoms with van der Waals surface area (Å²) in [5, 5.41) is 2.34. The van der Waals surface area contributed by atoms with Crippen LogP contribution in [-0.4, -0.2) is 28.7 Å². The number of hydrogen-bond acceptors (Lipinski definition) is 4. The van der Waals surface area contributed by atoms with Crippen LogP contribution in [0, 0.1) is 6.92 Å². The minimum atomic E-state index is -0.582. The van der Waals surface area contributed by atoms with Crippen molar-refractivity contribution in [3.63, 3.8) is 0 Å². The summed E-state index contributed by atoms with van der Waals surface area (Å²) in [7, 11) is 0. The van der Waals surface area contributed by atoms with Crippen LogP contribution in [0.5, 0.6) is 0 Å². The monoisotopic (exact) mass is 312 g/mol. The molecule has 0 bridgehead atoms. The van der Waals surface area contributed by atoms with Crippen LogP contribution in [0.2, 0.25) is 4.34 Å². The van der Waals surface area contributed by atoms with Crippen LogP contribution in [0.1, 0.15) is 40.1 Å². The van der Waals surface area contributed by atoms with Gasteiger partial charge in [0.15, 0.2) is 0 Å². The summed E-state index contributed by atoms with van der Waals surface area (Å²) in [5.74, 6) is -0.861. The molecule has 1 fully saturated rings. The number of amides is 3. The topological polar surface area (TPSA) is 66.5 Å². The molecule has 1 N–H and O–H groups in total. The summed E-state index contributed by atoms with van der Waals surface area (Å²) in [6.45, 7) is 2.32. The molecular formula is C13H13ClN2O3S. The maximum absolute atomic E-state index is 12.5. The molecule has 2 aliphatic rings. The Morgan fingerprint density at radius 1 is 1.35 bits per heavy atom. The molecular weight excluding hydrogens is 300 g/mol. The molecule has 3 amide bonds. The number of nitrogens with zero attached hydrogens (tertiary/aromatic N) is 1. The second-order valence-electron chi connectivity index (χ2n) is 5.04. The van der Waals surface area contributed by atoms with Gasteiger partial charge in [0.05, 0.1) is 5.56 Å². The second kappa shape index (κ2) is 4.86. The molecule has 1 saturated heterocycles. The number of imide groups is 1. The summed E-state index contributed by atoms with van der Waals surface area (Å²) < 4.78 is 0.482. The summed E-state index contributed by atoms with van der Waals surface area (Å²) in [5.41, 5.74) is 1.44. The maximum atomic E-state index is 12.5. The van der Waals surface area contributed by atoms with Crippen LogP contribution in [0.4, 0.5) is 0 Å². The summed E-state index contributed by atoms with van der Waals surface area (Å²) in [4.78, 5) is 38.4. The fraction of sp³-hybridized carbons (Fsp3) is 0.462. The Kier molecular flexibility index (Phi) is 3.30. The summed E-state index contributed by atoms with van der Waals surface area (Å²) >= 11 is 7.49. The van der Waals surface area contributed by atoms with Crippen LogP contribution < -0.4 is 5.32 Å². The molecule has 3 rings (SSSR count). The average molecular weight is 313 g/mol. The van der Waals surface area contributed by atoms with Crippen molar-refractivity contribution < 1.29 is 14.4 Å². The van der Waals surface area contributed by atoms with Crippen molar-refractivity contribution >= 4 is 40.7 Å². The fourth-order valence-corrected chi connectivity index (χ4v) is 4.16. The number of halogens is 1. The molecule has 0 aliphatic carbocycles. The Morgan fingerprint density at radius 3 is 2.80 bits per heavy atom. The van der Waals surface area contributed by atoms with E-state index in [0.717, 1.165) is 10.4 Å². The van der Waals surface area contributed by atoms with Gasteiger partial charge in [-0.25, -0.2) is 0 Å². The summed E-state index contributed by atoms with van der Waals surface area (Å²) in [6.07, 6.45) is 1.44. The third kappa shape index (κ3) is 2.03. The predicted octanol–water partition coefficient (Wildman–Crippen LogP) is 1.86. The van der Waals surface area contributed by atoms with Gasteiger partial charge in [-0.15, -0.1) is 11.3 Å². The average Bonchev–Trinajstić information content (AvgIpc) is 2.78. The van der Waals surface area contributed by atoms with E-state index in [2.05, 4.69) is 5.32 Å². The minimum absolute atomic E-state index is 0.205. The molecule has 106 valence electrons. The highest BCUT2D eigenvalue weighted by atomic mass is 35.5. The van der Waals surface area contributed by atoms with Crippen molar-refractivity contribution in [2.75, 3.05) is 0 Å². The van der Waals surface area contributed by atoms with Gasteiger partial charge < -0.3 is 4.90 Å². The number of thiophene rings is 1. The number of carbonyl (C=O) groups is 3. The normalized spacial score (nSPS) is 22.8. The molecule has 2 aliphatic heterocycles. The molecule has 1 aromatic rings. The Morgan fingerprint density at radius 2 is 2.10 bits per heavy atom. The Bertz CT molecular complexity index is 625. The van der Waals surface area contributed by atoms with E-state index in [4.69, 9.17) is 11.6 Å². The van der Waals surface area contributed by atoms with Crippen molar-refractivity contribution in [3.8, 4) is 0 Å². The first kappa shape index (κ1) is 13.6. The van der Waals surface area contributed by atoms with Gasteiger partial charge in [0.2, 0.25) is 11.8 Å². The highest BCUT2D eigenvalue weighted by Gasteiger charge is 2.40. The van der Waals surface area contributed by atoms with Crippen LogP contribution >= 0.6 is 22.9 Å². The number of rotatable bonds is 1. The first-order chi connectivity index (χ1) is 9.49. The van der Waals surface area contributed by atoms with Crippen LogP contribution in [0.15, 0.2) is 0 Å². The van der Waals surface area contributed by atoms with Crippen molar-refractivity contribution in [2.24, 2.45) is 0 Å². The van der Waals surface area contributed by atoms with E-state index < -0.39 is 6.04 Å². The standard InChI is InChI=1S/C13H13ClN2O3S/c1-6-7-5-16(13(19)10(7)11(14)20-6)8-3-2-4-9(17)15-12(8)18/h8H,2-5H2,1H3,(H,15,17,18)/t8-/m0/s1. The first-order valence-corrected chi connectivity index (χ1v) is 7.61. The van der Waals surface area contributed by atoms with Crippen LogP contribution in [0.3, 0.4) is 0 Å². The van der Waals surface area contributed by atoms with Crippen molar-refractivity contribution in [1.29, 1.82) is 0 Å². The Hall–Kier alpha value is -1.40. The van der Waals surface area contributed by atoms with Crippen molar-refractivity contribution in [2.45, 2.75) is 38.8 Å². The van der Waals surface area contributed by atoms with Gasteiger partial charge in [-0.2, -0.15) is 0 Å². The maximum Gasteiger partial charge on any atom is 0.257 e. The zero-order valence-electron chi connectivity index (χ0n) is 10.9. The Balaban J connectivity index is 1.90. The molecule has 0 radical (unpaired) electrons. The largest absolute Gasteiger partial charge is 0.322 e. The predicted molar refractivity (Wildman–Crippen MR) is 74.7 cm³/mol. The third-order valence-electron chi connectivity index (χ3n) is 3.79. The van der Waals surface area contributed by atoms with Crippen molar-refractivity contribution in [3.05, 3.63) is 20.3 Å². The van der Waals surface area contributed by atoms with E-state index in [1.54, 1.807) is 0 Å². The molecule has 0 aromatic carbocycles. The molecule has 1 atom stereocenters. The number of carbonyl (C=O) groups excluding carboxylic acids is 3. The van der Waals surface area contributed by atoms with E-state index >= 15 is 0 Å². The number of hydrogen-bond donors (Lipinski definition) is 1. The lowest BCUT2D eigenvalue weighted by molar-refractivity contribution is -0.132. The highest BCUT2D eigenvalue weighted by Crippen LogP contribution is 2.39. The molecule has 0 spiro atoms. The van der Waals surface area contributed by atoms with Gasteiger partial charge in [0.1, 0.15) is 10.4 Å². The molecule has 0 unspecified atom stereocenters. The van der Waals surface area contributed by atoms with E-state index in [9.17, 15) is 14.4 Å². The van der Waals surface area contributed by atoms with Crippen molar-refractivity contribution in [1.82, 2.24) is 10.2 Å². The third-order valence-corrected chi connectivity index (χ3v) is 5.15. The first-order valence-electron chi connectivity index (χ1n) is 6.41. The molecule has 0 saturated carbocycles. The van der Waals surface area contributed by atoms with Gasteiger partial charge in [0, 0.05) is 17.8 Å². The lowest BCUT2D eigenvalue weighted by atomic mass is 10.1. The van der Waals surface area contributed by atoms with Gasteiger partial charge in [-0.3, -0.25) is 19.7 Å². The Labute approximate surface area is 124 Å². The van der Waals surface area contributed by atoms with E-state index in [0.29, 0.717) is 35.7 Å². The molecule has 1 aromatic heterocycles. The lowest BCUT2D eigenvalue weighted by Crippen LogP contribution is -2.47. The molecule has 7 heteroatoms. The molecule has 5 nitrogen and oxygen atoms in total. The van der Waals surface area contributed by atoms with Gasteiger partial charge in [-0.05, 0) is 25.3 Å². The summed E-state index contributed by atoms with van der Waals surface area (Å²) in [6, 6.07) is -0.582. The van der Waals surface area contributed by atoms with Gasteiger partial charge in [-0.1, -0.05) is 11.6 Å². The molecule has 3 heterocycles. The quantitative estimate of drug-likeness (QED) is 0.805. The zero-order valence-corrected chi connectivity index (χ0v) is 12.4. The molecule has 20 heavy (non-hydrogen) atoms. The number of fused-ring (bicyclic) bond motifs is 1. The zero-order chi connectivity index (χ0) is 14.4. The van der Waals surface area contributed by atoms with E-state index in [-0.39, 0.29) is 17.7 Å². The van der Waals surface area contributed by atoms with E-state index in [1.807, 2.05) is 6.92 Å². The second-order valence-corrected chi connectivity index (χ2v) is 6.87. The van der Waals surface area contributed by atoms with Crippen LogP contribution in [-0.2, 0) is 16.1 Å². The highest BCUT2D eigenvalue weighted by molar-refractivity contribution is 7.16. The minimum Gasteiger partial charge on any atom is -0.322 e. The van der Waals surface area contributed by atoms with Crippen LogP contribution in [0.25, 0.3) is 0 Å². The van der Waals surface area contributed by atoms with E-state index in [1.165, 1.54) is 16.2 Å². The smallest absolute Gasteiger partial charge is 0.257 e. The lowest BCUT2D eigenvalue weighted by Gasteiger charge is -2.25. The number of aryl methyl sites for hydroxylation is 1. The number of nitrogens with one attached hydrogen (secondary N) is 1. The van der Waals surface area contributed by atoms with Gasteiger partial charge >= 0.3 is 0 Å². The van der Waals surface area contributed by atoms with Gasteiger partial charge in [0.25, 0.3) is 5.91 Å². The fourth-order valence-electron chi connectivity index (χ4n) is 2.75. The SMILES string of the molecule is Cc1sc(Cl)c2c1CN([C@H]1CCCC(=O)NC1=O)C2=O.